The summed E-state index contributed by atoms with van der Waals surface area (Å²) in [7, 11) is 2.04. The number of ether oxygens (including phenoxy) is 2. The van der Waals surface area contributed by atoms with Gasteiger partial charge in [0, 0.05) is 18.7 Å². The SMILES string of the molecule is CN(CC1CCCCO1)C1COc2ccccc2C1O. The molecule has 1 aromatic carbocycles. The zero-order valence-corrected chi connectivity index (χ0v) is 12.0. The van der Waals surface area contributed by atoms with Crippen molar-refractivity contribution in [2.24, 2.45) is 0 Å². The molecule has 4 nitrogen and oxygen atoms in total. The number of rotatable bonds is 3. The molecule has 110 valence electrons. The van der Waals surface area contributed by atoms with E-state index in [1.165, 1.54) is 12.8 Å². The molecule has 2 heterocycles. The highest BCUT2D eigenvalue weighted by Crippen LogP contribution is 2.33. The van der Waals surface area contributed by atoms with E-state index in [1.807, 2.05) is 31.3 Å². The van der Waals surface area contributed by atoms with E-state index in [9.17, 15) is 5.11 Å². The van der Waals surface area contributed by atoms with Crippen LogP contribution in [-0.4, -0.2) is 49.0 Å². The van der Waals surface area contributed by atoms with Gasteiger partial charge in [0.15, 0.2) is 0 Å². The summed E-state index contributed by atoms with van der Waals surface area (Å²) in [6.07, 6.45) is 3.32. The summed E-state index contributed by atoms with van der Waals surface area (Å²) < 4.78 is 11.6. The number of aliphatic hydroxyl groups excluding tert-OH is 1. The molecule has 2 aliphatic heterocycles. The molecule has 2 aliphatic rings. The van der Waals surface area contributed by atoms with E-state index >= 15 is 0 Å². The van der Waals surface area contributed by atoms with E-state index in [1.54, 1.807) is 0 Å². The highest BCUT2D eigenvalue weighted by molar-refractivity contribution is 5.37. The molecule has 0 radical (unpaired) electrons. The Morgan fingerprint density at radius 3 is 2.95 bits per heavy atom. The maximum Gasteiger partial charge on any atom is 0.125 e. The molecule has 0 amide bonds. The number of likely N-dealkylation sites (N-methyl/N-ethyl adjacent to an activating group) is 1. The van der Waals surface area contributed by atoms with Crippen LogP contribution in [0.25, 0.3) is 0 Å². The molecule has 3 unspecified atom stereocenters. The van der Waals surface area contributed by atoms with Gasteiger partial charge in [-0.3, -0.25) is 4.90 Å². The quantitative estimate of drug-likeness (QED) is 0.917. The number of benzene rings is 1. The zero-order chi connectivity index (χ0) is 13.9. The molecule has 0 spiro atoms. The fourth-order valence-corrected chi connectivity index (χ4v) is 3.11. The van der Waals surface area contributed by atoms with Crippen LogP contribution < -0.4 is 4.74 Å². The van der Waals surface area contributed by atoms with Gasteiger partial charge < -0.3 is 14.6 Å². The lowest BCUT2D eigenvalue weighted by Gasteiger charge is -2.38. The van der Waals surface area contributed by atoms with Gasteiger partial charge in [0.05, 0.1) is 12.1 Å². The van der Waals surface area contributed by atoms with Gasteiger partial charge in [-0.25, -0.2) is 0 Å². The average molecular weight is 277 g/mol. The molecule has 0 aliphatic carbocycles. The highest BCUT2D eigenvalue weighted by atomic mass is 16.5. The molecule has 4 heteroatoms. The number of nitrogens with zero attached hydrogens (tertiary/aromatic N) is 1. The molecule has 20 heavy (non-hydrogen) atoms. The number of aliphatic hydroxyl groups is 1. The maximum absolute atomic E-state index is 10.6. The molecular weight excluding hydrogens is 254 g/mol. The molecule has 1 aromatic rings. The Labute approximate surface area is 120 Å². The van der Waals surface area contributed by atoms with Gasteiger partial charge in [-0.1, -0.05) is 18.2 Å². The van der Waals surface area contributed by atoms with Crippen molar-refractivity contribution in [3.8, 4) is 5.75 Å². The van der Waals surface area contributed by atoms with E-state index in [0.29, 0.717) is 6.61 Å². The molecular formula is C16H23NO3. The summed E-state index contributed by atoms with van der Waals surface area (Å²) >= 11 is 0. The minimum atomic E-state index is -0.492. The van der Waals surface area contributed by atoms with E-state index in [-0.39, 0.29) is 12.1 Å². The molecule has 3 rings (SSSR count). The highest BCUT2D eigenvalue weighted by Gasteiger charge is 2.33. The minimum absolute atomic E-state index is 0.00423. The fourth-order valence-electron chi connectivity index (χ4n) is 3.11. The normalized spacial score (nSPS) is 29.9. The third kappa shape index (κ3) is 2.82. The van der Waals surface area contributed by atoms with Crippen molar-refractivity contribution < 1.29 is 14.6 Å². The first-order valence-corrected chi connectivity index (χ1v) is 7.47. The average Bonchev–Trinajstić information content (AvgIpc) is 2.49. The minimum Gasteiger partial charge on any atom is -0.491 e. The Bertz CT molecular complexity index is 445. The lowest BCUT2D eigenvalue weighted by Crippen LogP contribution is -2.47. The van der Waals surface area contributed by atoms with Crippen molar-refractivity contribution in [3.05, 3.63) is 29.8 Å². The van der Waals surface area contributed by atoms with Gasteiger partial charge in [-0.15, -0.1) is 0 Å². The van der Waals surface area contributed by atoms with E-state index in [0.717, 1.165) is 30.9 Å². The Hall–Kier alpha value is -1.10. The van der Waals surface area contributed by atoms with Crippen LogP contribution in [0.4, 0.5) is 0 Å². The predicted octanol–water partition coefficient (Wildman–Crippen LogP) is 1.98. The van der Waals surface area contributed by atoms with Crippen LogP contribution >= 0.6 is 0 Å². The van der Waals surface area contributed by atoms with Crippen LogP contribution in [0.1, 0.15) is 30.9 Å². The second-order valence-electron chi connectivity index (χ2n) is 5.79. The molecule has 0 saturated carbocycles. The van der Waals surface area contributed by atoms with Gasteiger partial charge in [0.25, 0.3) is 0 Å². The topological polar surface area (TPSA) is 41.9 Å². The first kappa shape index (κ1) is 13.9. The van der Waals surface area contributed by atoms with Crippen LogP contribution in [0.5, 0.6) is 5.75 Å². The first-order valence-electron chi connectivity index (χ1n) is 7.47. The second-order valence-corrected chi connectivity index (χ2v) is 5.79. The Morgan fingerprint density at radius 1 is 1.30 bits per heavy atom. The number of hydrogen-bond acceptors (Lipinski definition) is 4. The van der Waals surface area contributed by atoms with Crippen LogP contribution in [0.15, 0.2) is 24.3 Å². The van der Waals surface area contributed by atoms with Crippen LogP contribution in [0, 0.1) is 0 Å². The lowest BCUT2D eigenvalue weighted by atomic mass is 9.97. The van der Waals surface area contributed by atoms with E-state index < -0.39 is 6.10 Å². The van der Waals surface area contributed by atoms with Crippen molar-refractivity contribution in [1.29, 1.82) is 0 Å². The Kier molecular flexibility index (Phi) is 4.24. The zero-order valence-electron chi connectivity index (χ0n) is 12.0. The number of hydrogen-bond donors (Lipinski definition) is 1. The molecule has 3 atom stereocenters. The summed E-state index contributed by atoms with van der Waals surface area (Å²) in [5, 5.41) is 10.6. The van der Waals surface area contributed by atoms with Crippen LogP contribution in [0.3, 0.4) is 0 Å². The summed E-state index contributed by atoms with van der Waals surface area (Å²) in [4.78, 5) is 2.18. The lowest BCUT2D eigenvalue weighted by molar-refractivity contribution is -0.0378. The van der Waals surface area contributed by atoms with E-state index in [2.05, 4.69) is 4.90 Å². The second kappa shape index (κ2) is 6.12. The van der Waals surface area contributed by atoms with Gasteiger partial charge >= 0.3 is 0 Å². The molecule has 0 bridgehead atoms. The van der Waals surface area contributed by atoms with Crippen LogP contribution in [-0.2, 0) is 4.74 Å². The Balaban J connectivity index is 1.65. The predicted molar refractivity (Wildman–Crippen MR) is 76.9 cm³/mol. The Morgan fingerprint density at radius 2 is 2.15 bits per heavy atom. The molecule has 1 fully saturated rings. The fraction of sp³-hybridized carbons (Fsp3) is 0.625. The molecule has 1 saturated heterocycles. The molecule has 0 aromatic heterocycles. The van der Waals surface area contributed by atoms with Crippen molar-refractivity contribution in [2.45, 2.75) is 37.5 Å². The standard InChI is InChI=1S/C16H23NO3/c1-17(10-12-6-4-5-9-19-12)14-11-20-15-8-3-2-7-13(15)16(14)18/h2-3,7-8,12,14,16,18H,4-6,9-11H2,1H3. The summed E-state index contributed by atoms with van der Waals surface area (Å²) in [5.74, 6) is 0.804. The van der Waals surface area contributed by atoms with Crippen molar-refractivity contribution in [2.75, 3.05) is 26.8 Å². The van der Waals surface area contributed by atoms with Crippen molar-refractivity contribution >= 4 is 0 Å². The van der Waals surface area contributed by atoms with Gasteiger partial charge in [-0.2, -0.15) is 0 Å². The third-order valence-electron chi connectivity index (χ3n) is 4.34. The van der Waals surface area contributed by atoms with Crippen molar-refractivity contribution in [1.82, 2.24) is 4.90 Å². The van der Waals surface area contributed by atoms with Gasteiger partial charge in [-0.05, 0) is 32.4 Å². The van der Waals surface area contributed by atoms with E-state index in [4.69, 9.17) is 9.47 Å². The van der Waals surface area contributed by atoms with Gasteiger partial charge in [0.2, 0.25) is 0 Å². The summed E-state index contributed by atoms with van der Waals surface area (Å²) in [6, 6.07) is 7.73. The molecule has 1 N–H and O–H groups in total. The van der Waals surface area contributed by atoms with Crippen molar-refractivity contribution in [3.63, 3.8) is 0 Å². The summed E-state index contributed by atoms with van der Waals surface area (Å²) in [5.41, 5.74) is 0.889. The number of fused-ring (bicyclic) bond motifs is 1. The smallest absolute Gasteiger partial charge is 0.125 e. The van der Waals surface area contributed by atoms with Crippen LogP contribution in [0.2, 0.25) is 0 Å². The maximum atomic E-state index is 10.6. The van der Waals surface area contributed by atoms with Gasteiger partial charge in [0.1, 0.15) is 18.5 Å². The monoisotopic (exact) mass is 277 g/mol. The third-order valence-corrected chi connectivity index (χ3v) is 4.34. The largest absolute Gasteiger partial charge is 0.491 e. The summed E-state index contributed by atoms with van der Waals surface area (Å²) in [6.45, 7) is 2.25. The first-order chi connectivity index (χ1) is 9.75. The number of para-hydroxylation sites is 1.